The fourth-order valence-corrected chi connectivity index (χ4v) is 3.33. The number of nitrogens with zero attached hydrogens (tertiary/aromatic N) is 1. The van der Waals surface area contributed by atoms with E-state index in [1.807, 2.05) is 6.07 Å². The van der Waals surface area contributed by atoms with Crippen LogP contribution in [0.1, 0.15) is 5.56 Å². The van der Waals surface area contributed by atoms with E-state index < -0.39 is 29.1 Å². The van der Waals surface area contributed by atoms with Gasteiger partial charge in [-0.25, -0.2) is 22.0 Å². The van der Waals surface area contributed by atoms with Crippen LogP contribution in [0.15, 0.2) is 97.5 Å². The monoisotopic (exact) mass is 449 g/mol. The van der Waals surface area contributed by atoms with Gasteiger partial charge in [-0.1, -0.05) is 61.2 Å². The maximum atomic E-state index is 13.9. The standard InChI is InChI=1S/C27H16F5N/c1-2-22(28)26(31)19-9-7-18(8-10-19)25-12-11-20(15-33-25)16-3-5-17(6-4-16)21-13-23(29)27(32)24(30)14-21/h2-15H,1H2. The Labute approximate surface area is 187 Å². The molecule has 4 aromatic rings. The topological polar surface area (TPSA) is 12.9 Å². The lowest BCUT2D eigenvalue weighted by atomic mass is 10.0. The Kier molecular flexibility index (Phi) is 6.18. The third-order valence-electron chi connectivity index (χ3n) is 5.12. The van der Waals surface area contributed by atoms with Crippen LogP contribution in [-0.4, -0.2) is 4.98 Å². The first-order valence-electron chi connectivity index (χ1n) is 9.87. The Morgan fingerprint density at radius 3 is 1.70 bits per heavy atom. The molecule has 4 rings (SSSR count). The zero-order valence-corrected chi connectivity index (χ0v) is 17.1. The van der Waals surface area contributed by atoms with E-state index in [1.54, 1.807) is 48.7 Å². The van der Waals surface area contributed by atoms with Crippen molar-refractivity contribution in [3.8, 4) is 33.5 Å². The molecular formula is C27H16F5N. The fraction of sp³-hybridized carbons (Fsp3) is 0. The van der Waals surface area contributed by atoms with E-state index in [4.69, 9.17) is 0 Å². The van der Waals surface area contributed by atoms with Crippen LogP contribution in [0.3, 0.4) is 0 Å². The Morgan fingerprint density at radius 1 is 0.667 bits per heavy atom. The number of rotatable bonds is 5. The minimum absolute atomic E-state index is 0.105. The SMILES string of the molecule is C=CC(F)=C(F)c1ccc(-c2ccc(-c3ccc(-c4cc(F)c(F)c(F)c4)cc3)cn2)cc1. The van der Waals surface area contributed by atoms with Crippen molar-refractivity contribution in [1.82, 2.24) is 4.98 Å². The van der Waals surface area contributed by atoms with Crippen molar-refractivity contribution < 1.29 is 22.0 Å². The fourth-order valence-electron chi connectivity index (χ4n) is 3.33. The number of benzene rings is 3. The first-order chi connectivity index (χ1) is 15.9. The van der Waals surface area contributed by atoms with Gasteiger partial charge in [0.1, 0.15) is 0 Å². The van der Waals surface area contributed by atoms with Gasteiger partial charge in [-0.3, -0.25) is 4.98 Å². The normalized spacial score (nSPS) is 11.8. The number of allylic oxidation sites excluding steroid dienone is 2. The molecule has 0 unspecified atom stereocenters. The second kappa shape index (κ2) is 9.20. The summed E-state index contributed by atoms with van der Waals surface area (Å²) in [7, 11) is 0. The van der Waals surface area contributed by atoms with Gasteiger partial charge < -0.3 is 0 Å². The molecule has 1 heterocycles. The van der Waals surface area contributed by atoms with Gasteiger partial charge in [-0.2, -0.15) is 0 Å². The van der Waals surface area contributed by atoms with Crippen LogP contribution in [0.5, 0.6) is 0 Å². The van der Waals surface area contributed by atoms with E-state index >= 15 is 0 Å². The summed E-state index contributed by atoms with van der Waals surface area (Å²) < 4.78 is 67.4. The first kappa shape index (κ1) is 22.1. The smallest absolute Gasteiger partial charge is 0.194 e. The van der Waals surface area contributed by atoms with Crippen LogP contribution in [0.25, 0.3) is 39.3 Å². The minimum atomic E-state index is -1.50. The van der Waals surface area contributed by atoms with Crippen molar-refractivity contribution in [2.24, 2.45) is 0 Å². The van der Waals surface area contributed by atoms with Gasteiger partial charge in [-0.05, 0) is 41.0 Å². The van der Waals surface area contributed by atoms with Crippen LogP contribution >= 0.6 is 0 Å². The highest BCUT2D eigenvalue weighted by Crippen LogP contribution is 2.29. The lowest BCUT2D eigenvalue weighted by Crippen LogP contribution is -1.92. The molecule has 0 spiro atoms. The van der Waals surface area contributed by atoms with Crippen LogP contribution in [0.2, 0.25) is 0 Å². The number of halogens is 5. The Hall–Kier alpha value is -4.06. The van der Waals surface area contributed by atoms with Crippen LogP contribution in [-0.2, 0) is 0 Å². The summed E-state index contributed by atoms with van der Waals surface area (Å²) in [5.41, 5.74) is 3.88. The molecule has 3 aromatic carbocycles. The average molecular weight is 449 g/mol. The van der Waals surface area contributed by atoms with Crippen LogP contribution in [0.4, 0.5) is 22.0 Å². The maximum absolute atomic E-state index is 13.9. The highest BCUT2D eigenvalue weighted by molar-refractivity contribution is 5.72. The Bertz CT molecular complexity index is 1320. The lowest BCUT2D eigenvalue weighted by molar-refractivity contribution is 0.448. The van der Waals surface area contributed by atoms with E-state index in [-0.39, 0.29) is 11.1 Å². The van der Waals surface area contributed by atoms with E-state index in [0.29, 0.717) is 11.3 Å². The number of hydrogen-bond acceptors (Lipinski definition) is 1. The molecule has 0 aliphatic rings. The Balaban J connectivity index is 1.54. The third-order valence-corrected chi connectivity index (χ3v) is 5.12. The summed E-state index contributed by atoms with van der Waals surface area (Å²) in [6.07, 6.45) is 2.47. The first-order valence-corrected chi connectivity index (χ1v) is 9.87. The lowest BCUT2D eigenvalue weighted by Gasteiger charge is -2.07. The quantitative estimate of drug-likeness (QED) is 0.170. The third kappa shape index (κ3) is 4.60. The Morgan fingerprint density at radius 2 is 1.18 bits per heavy atom. The molecule has 1 aromatic heterocycles. The van der Waals surface area contributed by atoms with Gasteiger partial charge in [-0.15, -0.1) is 0 Å². The molecule has 0 radical (unpaired) electrons. The van der Waals surface area contributed by atoms with Crippen molar-refractivity contribution in [2.75, 3.05) is 0 Å². The van der Waals surface area contributed by atoms with Gasteiger partial charge in [0.2, 0.25) is 0 Å². The van der Waals surface area contributed by atoms with Crippen molar-refractivity contribution in [2.45, 2.75) is 0 Å². The molecule has 0 fully saturated rings. The summed E-state index contributed by atoms with van der Waals surface area (Å²) in [6, 6.07) is 18.6. The molecule has 1 nitrogen and oxygen atoms in total. The predicted octanol–water partition coefficient (Wildman–Crippen LogP) is 8.29. The van der Waals surface area contributed by atoms with Crippen molar-refractivity contribution in [3.63, 3.8) is 0 Å². The molecular weight excluding hydrogens is 433 g/mol. The molecule has 0 saturated carbocycles. The molecule has 33 heavy (non-hydrogen) atoms. The van der Waals surface area contributed by atoms with Gasteiger partial charge in [0, 0.05) is 22.9 Å². The van der Waals surface area contributed by atoms with Gasteiger partial charge in [0.05, 0.1) is 5.69 Å². The van der Waals surface area contributed by atoms with Gasteiger partial charge in [0.25, 0.3) is 0 Å². The maximum Gasteiger partial charge on any atom is 0.194 e. The van der Waals surface area contributed by atoms with Crippen LogP contribution < -0.4 is 0 Å². The number of aromatic nitrogens is 1. The van der Waals surface area contributed by atoms with Crippen molar-refractivity contribution in [1.29, 1.82) is 0 Å². The molecule has 0 amide bonds. The summed E-state index contributed by atoms with van der Waals surface area (Å²) in [6.45, 7) is 3.21. The number of pyridine rings is 1. The largest absolute Gasteiger partial charge is 0.256 e. The average Bonchev–Trinajstić information content (AvgIpc) is 2.86. The van der Waals surface area contributed by atoms with Crippen LogP contribution in [0, 0.1) is 17.5 Å². The van der Waals surface area contributed by atoms with E-state index in [2.05, 4.69) is 11.6 Å². The molecule has 0 aliphatic heterocycles. The second-order valence-electron chi connectivity index (χ2n) is 7.21. The van der Waals surface area contributed by atoms with E-state index in [0.717, 1.165) is 34.9 Å². The summed E-state index contributed by atoms with van der Waals surface area (Å²) >= 11 is 0. The number of hydrogen-bond donors (Lipinski definition) is 0. The zero-order valence-electron chi connectivity index (χ0n) is 17.1. The van der Waals surface area contributed by atoms with Crippen molar-refractivity contribution >= 4 is 5.83 Å². The highest BCUT2D eigenvalue weighted by Gasteiger charge is 2.12. The highest BCUT2D eigenvalue weighted by atomic mass is 19.2. The molecule has 0 saturated heterocycles. The molecule has 164 valence electrons. The molecule has 0 N–H and O–H groups in total. The van der Waals surface area contributed by atoms with E-state index in [1.165, 1.54) is 12.1 Å². The molecule has 0 bridgehead atoms. The predicted molar refractivity (Wildman–Crippen MR) is 120 cm³/mol. The second-order valence-corrected chi connectivity index (χ2v) is 7.21. The molecule has 0 atom stereocenters. The summed E-state index contributed by atoms with van der Waals surface area (Å²) in [5.74, 6) is -5.99. The minimum Gasteiger partial charge on any atom is -0.256 e. The van der Waals surface area contributed by atoms with E-state index in [9.17, 15) is 22.0 Å². The van der Waals surface area contributed by atoms with Gasteiger partial charge >= 0.3 is 0 Å². The summed E-state index contributed by atoms with van der Waals surface area (Å²) in [5, 5.41) is 0. The summed E-state index contributed by atoms with van der Waals surface area (Å²) in [4.78, 5) is 4.43. The molecule has 0 aliphatic carbocycles. The molecule has 6 heteroatoms. The zero-order chi connectivity index (χ0) is 23.5. The van der Waals surface area contributed by atoms with Gasteiger partial charge in [0.15, 0.2) is 29.1 Å². The van der Waals surface area contributed by atoms with Crippen molar-refractivity contribution in [3.05, 3.63) is 120 Å².